The molecule has 0 saturated heterocycles. The lowest BCUT2D eigenvalue weighted by Gasteiger charge is -2.25. The van der Waals surface area contributed by atoms with E-state index in [1.54, 1.807) is 6.92 Å². The number of aryl methyl sites for hydroxylation is 16. The molecule has 0 spiro atoms. The highest BCUT2D eigenvalue weighted by Crippen LogP contribution is 2.50. The number of rotatable bonds is 19. The van der Waals surface area contributed by atoms with Gasteiger partial charge in [-0.05, 0) is 337 Å². The van der Waals surface area contributed by atoms with Crippen LogP contribution in [0.5, 0.6) is 0 Å². The van der Waals surface area contributed by atoms with Crippen LogP contribution in [0.3, 0.4) is 0 Å². The van der Waals surface area contributed by atoms with Crippen LogP contribution in [0.15, 0.2) is 386 Å². The molecular formula is C125H114Br5ClN2O7P4. The first kappa shape index (κ1) is 110. The van der Waals surface area contributed by atoms with Crippen molar-refractivity contribution in [1.82, 2.24) is 9.97 Å². The van der Waals surface area contributed by atoms with Gasteiger partial charge in [-0.1, -0.05) is 358 Å². The third kappa shape index (κ3) is 25.1. The largest absolute Gasteiger partial charge is 0.309 e. The third-order valence-electron chi connectivity index (χ3n) is 25.4. The molecule has 18 aromatic rings. The molecule has 0 bridgehead atoms. The lowest BCUT2D eigenvalue weighted by Crippen LogP contribution is -2.28. The molecule has 2 heterocycles. The van der Waals surface area contributed by atoms with Crippen LogP contribution in [0.4, 0.5) is 0 Å². The summed E-state index contributed by atoms with van der Waals surface area (Å²) in [5, 5.41) is 21.6. The molecule has 2 aromatic heterocycles. The molecule has 16 aromatic carbocycles. The van der Waals surface area contributed by atoms with Gasteiger partial charge in [0.1, 0.15) is 6.29 Å². The fraction of sp³-hybridized carbons (Fsp3) is 0.136. The fourth-order valence-corrected chi connectivity index (χ4v) is 31.0. The number of hydrogen-bond donors (Lipinski definition) is 2. The van der Waals surface area contributed by atoms with Crippen molar-refractivity contribution in [2.75, 3.05) is 0 Å². The predicted octanol–water partition coefficient (Wildman–Crippen LogP) is 32.5. The zero-order valence-corrected chi connectivity index (χ0v) is 95.9. The maximum atomic E-state index is 15.8. The van der Waals surface area contributed by atoms with Gasteiger partial charge in [0.05, 0.1) is 30.0 Å². The first-order valence-electron chi connectivity index (χ1n) is 47.0. The monoisotopic (exact) mass is 2310 g/mol. The molecule has 9 nitrogen and oxygen atoms in total. The number of hydrogen-bond acceptors (Lipinski definition) is 9. The van der Waals surface area contributed by atoms with Gasteiger partial charge in [0.25, 0.3) is 0 Å². The average Bonchev–Trinajstić information content (AvgIpc) is 0.741. The summed E-state index contributed by atoms with van der Waals surface area (Å²) in [6, 6.07) is 122. The Morgan fingerprint density at radius 1 is 0.257 bits per heavy atom. The fourth-order valence-electron chi connectivity index (χ4n) is 18.6. The Balaban J connectivity index is 0.000000194. The number of nitrogens with zero attached hydrogens (tertiary/aromatic N) is 2. The lowest BCUT2D eigenvalue weighted by molar-refractivity contribution is -0.176. The number of aldehydes is 1. The Bertz CT molecular complexity index is 6940. The van der Waals surface area contributed by atoms with E-state index in [-0.39, 0.29) is 5.78 Å². The molecule has 0 aliphatic carbocycles. The smallest absolute Gasteiger partial charge is 0.171 e. The van der Waals surface area contributed by atoms with E-state index in [1.807, 2.05) is 270 Å². The Morgan fingerprint density at radius 3 is 0.625 bits per heavy atom. The van der Waals surface area contributed by atoms with Crippen LogP contribution >= 0.6 is 120 Å². The number of carbonyl (C=O) groups is 2. The number of pyridine rings is 2. The summed E-state index contributed by atoms with van der Waals surface area (Å²) < 4.78 is 53.1. The highest BCUT2D eigenvalue weighted by molar-refractivity contribution is 9.11. The number of Topliss-reactive ketones (excluding diaryl/α,β-unsaturated/α-hetero) is 1. The van der Waals surface area contributed by atoms with Crippen LogP contribution in [-0.2, 0) is 13.7 Å². The second kappa shape index (κ2) is 49.4. The first-order valence-corrected chi connectivity index (χ1v) is 58.4. The van der Waals surface area contributed by atoms with Crippen molar-refractivity contribution in [3.05, 3.63) is 486 Å². The van der Waals surface area contributed by atoms with Gasteiger partial charge in [-0.3, -0.25) is 20.1 Å². The van der Waals surface area contributed by atoms with Crippen LogP contribution in [0.25, 0.3) is 67.3 Å². The molecule has 0 unspecified atom stereocenters. The molecule has 144 heavy (non-hydrogen) atoms. The SMILES string of the molecule is CC(=O)c1cc(C)c(Br)c(C)c1.Cc1cc(-c2cc(-c3cc(C)c(Br)c(C)c3)nc(-c3cc(C)c(Br)c(C)c3)c2)cc(C)c1Br.Cc1cc(-c2cc(-c3cc(C)c(P(=O)(c4ccccc4)c4ccccc4)c(C)c3)nc(-c3cc(C)c(P(=O)(c4ccccc4)c4ccccc4)c(C)c3)c2)cc(C)c1P(=O)(c1ccccc1)c1ccccc1.Cc1cc(C=O)cc(C)c1Br.ClP(c1ccccc1)c1ccccc1.OO. The van der Waals surface area contributed by atoms with Gasteiger partial charge in [0, 0.05) is 103 Å². The standard InChI is InChI=1S/C65H56NO3P3.C29H26Br3N.C12H10ClP.C10H11BrO.C9H9BrO.H2O2/c1-45-37-51(38-46(2)63(45)70(67,55-25-13-7-14-26-55)56-27-15-8-16-28-56)52-43-61(53-39-47(3)64(48(4)40-53)71(68,57-29-17-9-18-30-57)58-31-19-10-20-32-58)66-62(44-52)54-41-49(5)65(50(6)42-54)72(69,59-33-21-11-22-34-59)60-35-23-12-24-36-60;1-15-7-21(8-16(2)27(15)30)22-13-25(23-9-17(3)28(31)18(4)10-23)33-26(14-22)24-11-19(5)29(32)20(6)12-24;13-14(11-7-3-1-4-8-11)12-9-5-2-6-10-12;1-6-4-9(8(3)12)5-7(2)10(6)11;1-6-3-8(5-11)4-7(2)9(6)10;1-2/h7-44H,1-6H3;7-14H,1-6H3;1-10H;4-5H,1-3H3;3-5H,1-2H3;1-2H. The normalized spacial score (nSPS) is 11.2. The van der Waals surface area contributed by atoms with E-state index in [0.717, 1.165) is 195 Å². The molecule has 0 radical (unpaired) electrons. The second-order valence-corrected chi connectivity index (χ2v) is 50.9. The van der Waals surface area contributed by atoms with Crippen molar-refractivity contribution in [2.24, 2.45) is 0 Å². The Morgan fingerprint density at radius 2 is 0.424 bits per heavy atom. The third-order valence-corrected chi connectivity index (χ3v) is 44.4. The summed E-state index contributed by atoms with van der Waals surface area (Å²) in [5.41, 5.74) is 30.6. The van der Waals surface area contributed by atoms with Crippen LogP contribution in [0.1, 0.15) is 117 Å². The van der Waals surface area contributed by atoms with Crippen molar-refractivity contribution in [1.29, 1.82) is 0 Å². The summed E-state index contributed by atoms with van der Waals surface area (Å²) in [6.07, 6.45) is 0.868. The number of aromatic nitrogens is 2. The average molecular weight is 2320 g/mol. The summed E-state index contributed by atoms with van der Waals surface area (Å²) in [5.74, 6) is 0.119. The minimum Gasteiger partial charge on any atom is -0.309 e. The van der Waals surface area contributed by atoms with Gasteiger partial charge >= 0.3 is 0 Å². The van der Waals surface area contributed by atoms with Crippen LogP contribution in [0, 0.1) is 111 Å². The maximum absolute atomic E-state index is 15.8. The van der Waals surface area contributed by atoms with Gasteiger partial charge in [-0.25, -0.2) is 9.97 Å². The Hall–Kier alpha value is -11.1. The van der Waals surface area contributed by atoms with Crippen molar-refractivity contribution < 1.29 is 33.8 Å². The summed E-state index contributed by atoms with van der Waals surface area (Å²) in [4.78, 5) is 32.1. The molecule has 0 aliphatic rings. The second-order valence-electron chi connectivity index (χ2n) is 36.3. The van der Waals surface area contributed by atoms with Gasteiger partial charge in [-0.2, -0.15) is 0 Å². The van der Waals surface area contributed by atoms with Crippen LogP contribution in [-0.4, -0.2) is 32.6 Å². The van der Waals surface area contributed by atoms with Gasteiger partial charge in [-0.15, -0.1) is 0 Å². The Labute approximate surface area is 896 Å². The van der Waals surface area contributed by atoms with Crippen molar-refractivity contribution in [3.8, 4) is 67.3 Å². The van der Waals surface area contributed by atoms with Gasteiger partial charge in [0.2, 0.25) is 0 Å². The molecule has 0 atom stereocenters. The van der Waals surface area contributed by atoms with Crippen LogP contribution in [0.2, 0.25) is 0 Å². The zero-order chi connectivity index (χ0) is 104. The molecule has 0 aliphatic heterocycles. The van der Waals surface area contributed by atoms with E-state index in [0.29, 0.717) is 0 Å². The van der Waals surface area contributed by atoms with Crippen molar-refractivity contribution >= 4 is 190 Å². The molecule has 2 N–H and O–H groups in total. The maximum Gasteiger partial charge on any atom is 0.171 e. The van der Waals surface area contributed by atoms with E-state index < -0.39 is 28.7 Å². The van der Waals surface area contributed by atoms with E-state index in [9.17, 15) is 9.59 Å². The van der Waals surface area contributed by atoms with E-state index in [1.165, 1.54) is 59.6 Å². The number of benzene rings is 16. The first-order chi connectivity index (χ1) is 68.9. The summed E-state index contributed by atoms with van der Waals surface area (Å²) >= 11 is 24.4. The number of ketones is 1. The highest BCUT2D eigenvalue weighted by Gasteiger charge is 2.37. The summed E-state index contributed by atoms with van der Waals surface area (Å²) in [7, 11) is -10.6. The van der Waals surface area contributed by atoms with E-state index in [2.05, 4.69) is 284 Å². The van der Waals surface area contributed by atoms with Gasteiger partial charge in [0.15, 0.2) is 27.2 Å². The molecule has 0 amide bonds. The van der Waals surface area contributed by atoms with Crippen molar-refractivity contribution in [3.63, 3.8) is 0 Å². The highest BCUT2D eigenvalue weighted by atomic mass is 79.9. The number of carbonyl (C=O) groups excluding carboxylic acids is 2. The predicted molar refractivity (Wildman–Crippen MR) is 632 cm³/mol. The van der Waals surface area contributed by atoms with E-state index >= 15 is 13.7 Å². The van der Waals surface area contributed by atoms with Gasteiger partial charge < -0.3 is 13.7 Å². The quantitative estimate of drug-likeness (QED) is 0.0265. The molecule has 728 valence electrons. The minimum absolute atomic E-state index is 0.119. The zero-order valence-electron chi connectivity index (χ0n) is 83.6. The molecule has 18 rings (SSSR count). The Kier molecular flexibility index (Phi) is 37.8. The van der Waals surface area contributed by atoms with Crippen LogP contribution < -0.4 is 58.3 Å². The summed E-state index contributed by atoms with van der Waals surface area (Å²) in [6.45, 7) is 34.7. The topological polar surface area (TPSA) is 152 Å². The number of halogens is 6. The van der Waals surface area contributed by atoms with E-state index in [4.69, 9.17) is 31.7 Å². The molecular weight excluding hydrogens is 2200 g/mol. The lowest BCUT2D eigenvalue weighted by atomic mass is 9.95. The molecule has 0 saturated carbocycles. The molecule has 0 fully saturated rings. The molecule has 19 heteroatoms. The van der Waals surface area contributed by atoms with Crippen molar-refractivity contribution in [2.45, 2.75) is 118 Å². The minimum atomic E-state index is -3.29.